The van der Waals surface area contributed by atoms with Gasteiger partial charge in [0.15, 0.2) is 0 Å². The van der Waals surface area contributed by atoms with Gasteiger partial charge in [-0.1, -0.05) is 0 Å². The summed E-state index contributed by atoms with van der Waals surface area (Å²) in [5, 5.41) is -1.14. The minimum atomic E-state index is -1.14. The third-order valence-electron chi connectivity index (χ3n) is 1.78. The Morgan fingerprint density at radius 3 is 1.55 bits per heavy atom. The molecule has 0 aromatic rings. The third-order valence-corrected chi connectivity index (χ3v) is 2.43. The van der Waals surface area contributed by atoms with Crippen molar-refractivity contribution in [3.63, 3.8) is 0 Å². The Bertz CT molecular complexity index is 125. The van der Waals surface area contributed by atoms with Gasteiger partial charge in [0.25, 0.3) is 0 Å². The lowest BCUT2D eigenvalue weighted by atomic mass is 10.3. The van der Waals surface area contributed by atoms with Gasteiger partial charge in [-0.3, -0.25) is 0 Å². The summed E-state index contributed by atoms with van der Waals surface area (Å²) in [7, 11) is 7.62. The van der Waals surface area contributed by atoms with E-state index in [9.17, 15) is 0 Å². The van der Waals surface area contributed by atoms with E-state index in [-0.39, 0.29) is 0 Å². The summed E-state index contributed by atoms with van der Waals surface area (Å²) in [5.41, 5.74) is 5.66. The molecule has 0 rings (SSSR count). The fraction of sp³-hybridized carbons (Fsp3) is 1.00. The van der Waals surface area contributed by atoms with Crippen LogP contribution in [0.4, 0.5) is 0 Å². The number of ether oxygens (including phenoxy) is 3. The summed E-state index contributed by atoms with van der Waals surface area (Å²) in [6.07, 6.45) is 0. The first-order chi connectivity index (χ1) is 4.93. The Balaban J connectivity index is 4.47. The normalized spacial score (nSPS) is 18.0. The van der Waals surface area contributed by atoms with Crippen molar-refractivity contribution in [2.75, 3.05) is 21.3 Å². The molecule has 0 spiro atoms. The molecule has 5 heteroatoms. The first kappa shape index (κ1) is 11.1. The van der Waals surface area contributed by atoms with Gasteiger partial charge in [0.05, 0.1) is 0 Å². The highest BCUT2D eigenvalue weighted by Gasteiger charge is 2.42. The molecular formula is C6H14NO3Si. The van der Waals surface area contributed by atoms with Gasteiger partial charge in [-0.05, 0) is 6.92 Å². The van der Waals surface area contributed by atoms with Crippen molar-refractivity contribution in [1.29, 1.82) is 0 Å². The predicted molar refractivity (Wildman–Crippen MR) is 42.1 cm³/mol. The van der Waals surface area contributed by atoms with Crippen LogP contribution in [-0.4, -0.2) is 42.7 Å². The maximum absolute atomic E-state index is 5.66. The molecule has 0 aliphatic carbocycles. The van der Waals surface area contributed by atoms with E-state index in [0.717, 1.165) is 0 Å². The number of nitrogens with two attached hydrogens (primary N) is 1. The van der Waals surface area contributed by atoms with Crippen LogP contribution in [0.1, 0.15) is 6.92 Å². The molecule has 11 heavy (non-hydrogen) atoms. The Hall–Kier alpha value is 0.0569. The quantitative estimate of drug-likeness (QED) is 0.460. The standard InChI is InChI=1S/C6H14NO3Si/c1-5(8-2,9-3)6(7,11)10-4/h7H2,1-4H3. The van der Waals surface area contributed by atoms with E-state index in [1.54, 1.807) is 6.92 Å². The van der Waals surface area contributed by atoms with Crippen LogP contribution >= 0.6 is 0 Å². The van der Waals surface area contributed by atoms with Crippen molar-refractivity contribution < 1.29 is 14.2 Å². The molecule has 0 saturated carbocycles. The average Bonchev–Trinajstić information content (AvgIpc) is 2.02. The molecule has 1 unspecified atom stereocenters. The lowest BCUT2D eigenvalue weighted by molar-refractivity contribution is -0.268. The smallest absolute Gasteiger partial charge is 0.203 e. The molecule has 0 aromatic carbocycles. The van der Waals surface area contributed by atoms with E-state index in [1.165, 1.54) is 21.3 Å². The molecule has 1 atom stereocenters. The molecule has 0 aliphatic rings. The van der Waals surface area contributed by atoms with Gasteiger partial charge in [0.2, 0.25) is 5.79 Å². The second-order valence-electron chi connectivity index (χ2n) is 2.29. The van der Waals surface area contributed by atoms with Crippen LogP contribution in [0.3, 0.4) is 0 Å². The molecule has 0 heterocycles. The van der Waals surface area contributed by atoms with E-state index in [4.69, 9.17) is 19.9 Å². The highest BCUT2D eigenvalue weighted by molar-refractivity contribution is 6.14. The summed E-state index contributed by atoms with van der Waals surface area (Å²) < 4.78 is 15.0. The SMILES string of the molecule is COC(N)([Si])C(C)(OC)OC. The number of methoxy groups -OCH3 is 3. The van der Waals surface area contributed by atoms with Crippen LogP contribution in [0.2, 0.25) is 0 Å². The molecule has 0 aliphatic heterocycles. The zero-order valence-electron chi connectivity index (χ0n) is 7.30. The largest absolute Gasteiger partial charge is 0.363 e. The van der Waals surface area contributed by atoms with E-state index in [1.807, 2.05) is 0 Å². The second kappa shape index (κ2) is 3.64. The summed E-state index contributed by atoms with van der Waals surface area (Å²) in [6.45, 7) is 1.67. The van der Waals surface area contributed by atoms with Crippen LogP contribution in [0.5, 0.6) is 0 Å². The topological polar surface area (TPSA) is 53.7 Å². The molecule has 2 N–H and O–H groups in total. The molecule has 65 valence electrons. The van der Waals surface area contributed by atoms with Crippen molar-refractivity contribution in [3.05, 3.63) is 0 Å². The highest BCUT2D eigenvalue weighted by Crippen LogP contribution is 2.21. The fourth-order valence-electron chi connectivity index (χ4n) is 0.572. The van der Waals surface area contributed by atoms with Crippen LogP contribution in [0, 0.1) is 0 Å². The summed E-state index contributed by atoms with van der Waals surface area (Å²) in [6, 6.07) is 0. The first-order valence-electron chi connectivity index (χ1n) is 3.13. The van der Waals surface area contributed by atoms with Gasteiger partial charge in [-0.25, -0.2) is 0 Å². The minimum absolute atomic E-state index is 1.00. The molecule has 4 nitrogen and oxygen atoms in total. The van der Waals surface area contributed by atoms with Crippen LogP contribution in [0.25, 0.3) is 0 Å². The predicted octanol–water partition coefficient (Wildman–Crippen LogP) is -0.577. The highest BCUT2D eigenvalue weighted by atomic mass is 28.1. The van der Waals surface area contributed by atoms with Gasteiger partial charge in [0.1, 0.15) is 15.6 Å². The molecule has 0 fully saturated rings. The Kier molecular flexibility index (Phi) is 3.66. The summed E-state index contributed by atoms with van der Waals surface area (Å²) >= 11 is 0. The van der Waals surface area contributed by atoms with Gasteiger partial charge in [-0.15, -0.1) is 0 Å². The van der Waals surface area contributed by atoms with E-state index < -0.39 is 11.1 Å². The van der Waals surface area contributed by atoms with Crippen LogP contribution < -0.4 is 5.73 Å². The van der Waals surface area contributed by atoms with Crippen molar-refractivity contribution in [2.24, 2.45) is 5.73 Å². The van der Waals surface area contributed by atoms with Crippen molar-refractivity contribution >= 4 is 10.2 Å². The lowest BCUT2D eigenvalue weighted by Crippen LogP contribution is -2.62. The Morgan fingerprint density at radius 2 is 1.45 bits per heavy atom. The zero-order chi connectivity index (χ0) is 9.12. The minimum Gasteiger partial charge on any atom is -0.363 e. The average molecular weight is 176 g/mol. The number of hydrogen-bond donors (Lipinski definition) is 1. The monoisotopic (exact) mass is 176 g/mol. The maximum Gasteiger partial charge on any atom is 0.203 e. The van der Waals surface area contributed by atoms with E-state index in [2.05, 4.69) is 10.2 Å². The van der Waals surface area contributed by atoms with Gasteiger partial charge in [0, 0.05) is 21.3 Å². The van der Waals surface area contributed by atoms with Gasteiger partial charge < -0.3 is 19.9 Å². The van der Waals surface area contributed by atoms with Crippen molar-refractivity contribution in [3.8, 4) is 0 Å². The maximum atomic E-state index is 5.66. The molecule has 0 amide bonds. The molecule has 3 radical (unpaired) electrons. The summed E-state index contributed by atoms with van der Waals surface area (Å²) in [4.78, 5) is 0. The summed E-state index contributed by atoms with van der Waals surface area (Å²) in [5.74, 6) is -1.00. The van der Waals surface area contributed by atoms with Gasteiger partial charge >= 0.3 is 0 Å². The third kappa shape index (κ3) is 2.00. The number of hydrogen-bond acceptors (Lipinski definition) is 4. The first-order valence-corrected chi connectivity index (χ1v) is 3.63. The van der Waals surface area contributed by atoms with Crippen LogP contribution in [0.15, 0.2) is 0 Å². The Labute approximate surface area is 70.4 Å². The zero-order valence-corrected chi connectivity index (χ0v) is 8.30. The van der Waals surface area contributed by atoms with Crippen molar-refractivity contribution in [2.45, 2.75) is 18.1 Å². The van der Waals surface area contributed by atoms with E-state index in [0.29, 0.717) is 0 Å². The lowest BCUT2D eigenvalue weighted by Gasteiger charge is -2.39. The van der Waals surface area contributed by atoms with Crippen molar-refractivity contribution in [1.82, 2.24) is 0 Å². The molecule has 0 bridgehead atoms. The fourth-order valence-corrected chi connectivity index (χ4v) is 0.776. The molecule has 0 aromatic heterocycles. The molecular weight excluding hydrogens is 162 g/mol. The van der Waals surface area contributed by atoms with E-state index >= 15 is 0 Å². The van der Waals surface area contributed by atoms with Gasteiger partial charge in [-0.2, -0.15) is 0 Å². The van der Waals surface area contributed by atoms with Crippen LogP contribution in [-0.2, 0) is 14.2 Å². The number of rotatable bonds is 4. The Morgan fingerprint density at radius 1 is 1.09 bits per heavy atom. The second-order valence-corrected chi connectivity index (χ2v) is 3.04. The molecule has 0 saturated heterocycles.